The fourth-order valence-corrected chi connectivity index (χ4v) is 3.13. The maximum atomic E-state index is 5.44. The van der Waals surface area contributed by atoms with Crippen LogP contribution in [-0.2, 0) is 5.75 Å². The molecule has 0 spiro atoms. The average Bonchev–Trinajstić information content (AvgIpc) is 2.94. The molecule has 0 amide bonds. The Morgan fingerprint density at radius 1 is 1.38 bits per heavy atom. The molecule has 0 fully saturated rings. The fraction of sp³-hybridized carbons (Fsp3) is 0.500. The minimum Gasteiger partial charge on any atom is -0.339 e. The lowest BCUT2D eigenvalue weighted by Gasteiger charge is -2.17. The van der Waals surface area contributed by atoms with E-state index in [1.807, 2.05) is 7.05 Å². The number of benzene rings is 1. The van der Waals surface area contributed by atoms with E-state index in [1.54, 1.807) is 11.8 Å². The average molecular weight is 305 g/mol. The number of aryl methyl sites for hydroxylation is 1. The van der Waals surface area contributed by atoms with E-state index in [0.29, 0.717) is 6.04 Å². The molecule has 0 aliphatic rings. The molecule has 0 saturated carbocycles. The van der Waals surface area contributed by atoms with Crippen LogP contribution in [0.5, 0.6) is 0 Å². The van der Waals surface area contributed by atoms with Crippen LogP contribution in [0.1, 0.15) is 43.5 Å². The van der Waals surface area contributed by atoms with Crippen molar-refractivity contribution < 1.29 is 4.52 Å². The number of thioether (sulfide) groups is 1. The Morgan fingerprint density at radius 2 is 2.19 bits per heavy atom. The van der Waals surface area contributed by atoms with Crippen LogP contribution in [-0.4, -0.2) is 23.2 Å². The first kappa shape index (κ1) is 16.0. The number of nitrogens with zero attached hydrogens (tertiary/aromatic N) is 2. The van der Waals surface area contributed by atoms with Gasteiger partial charge in [0.15, 0.2) is 5.82 Å². The summed E-state index contributed by atoms with van der Waals surface area (Å²) >= 11 is 1.73. The molecule has 21 heavy (non-hydrogen) atoms. The van der Waals surface area contributed by atoms with Crippen LogP contribution in [0.25, 0.3) is 0 Å². The maximum absolute atomic E-state index is 5.44. The minimum absolute atomic E-state index is 0.264. The predicted molar refractivity (Wildman–Crippen MR) is 86.6 cm³/mol. The molecule has 114 valence electrons. The zero-order valence-corrected chi connectivity index (χ0v) is 13.9. The first-order chi connectivity index (χ1) is 10.1. The Kier molecular flexibility index (Phi) is 5.82. The second kappa shape index (κ2) is 7.61. The molecule has 0 saturated heterocycles. The van der Waals surface area contributed by atoms with Gasteiger partial charge in [0, 0.05) is 10.9 Å². The standard InChI is InChI=1S/C16H23N3OS/c1-5-14(12(3)17-4)16-18-15(19-20-16)10-21-13-8-6-7-11(2)9-13/h6-9,12,14,17H,5,10H2,1-4H3. The van der Waals surface area contributed by atoms with Gasteiger partial charge in [0.1, 0.15) is 0 Å². The Labute approximate surface area is 130 Å². The molecule has 2 aromatic rings. The molecular formula is C16H23N3OS. The van der Waals surface area contributed by atoms with Crippen molar-refractivity contribution in [2.75, 3.05) is 7.05 Å². The summed E-state index contributed by atoms with van der Waals surface area (Å²) < 4.78 is 5.44. The summed E-state index contributed by atoms with van der Waals surface area (Å²) in [6.07, 6.45) is 0.981. The lowest BCUT2D eigenvalue weighted by molar-refractivity contribution is 0.320. The van der Waals surface area contributed by atoms with Crippen LogP contribution < -0.4 is 5.32 Å². The van der Waals surface area contributed by atoms with Gasteiger partial charge < -0.3 is 9.84 Å². The molecule has 1 aromatic carbocycles. The molecule has 5 heteroatoms. The minimum atomic E-state index is 0.264. The second-order valence-electron chi connectivity index (χ2n) is 5.25. The Bertz CT molecular complexity index is 570. The van der Waals surface area contributed by atoms with E-state index in [9.17, 15) is 0 Å². The van der Waals surface area contributed by atoms with Crippen molar-refractivity contribution in [3.8, 4) is 0 Å². The molecule has 0 radical (unpaired) electrons. The van der Waals surface area contributed by atoms with Crippen molar-refractivity contribution in [2.45, 2.75) is 49.8 Å². The van der Waals surface area contributed by atoms with Gasteiger partial charge in [-0.05, 0) is 39.4 Å². The topological polar surface area (TPSA) is 51.0 Å². The number of likely N-dealkylation sites (N-methyl/N-ethyl adjacent to an activating group) is 1. The van der Waals surface area contributed by atoms with Crippen molar-refractivity contribution in [1.29, 1.82) is 0 Å². The van der Waals surface area contributed by atoms with Gasteiger partial charge in [-0.15, -0.1) is 11.8 Å². The zero-order valence-electron chi connectivity index (χ0n) is 13.1. The first-order valence-corrected chi connectivity index (χ1v) is 8.31. The summed E-state index contributed by atoms with van der Waals surface area (Å²) in [5.74, 6) is 2.50. The van der Waals surface area contributed by atoms with E-state index < -0.39 is 0 Å². The van der Waals surface area contributed by atoms with Crippen LogP contribution in [0, 0.1) is 6.92 Å². The summed E-state index contributed by atoms with van der Waals surface area (Å²) in [4.78, 5) is 5.78. The van der Waals surface area contributed by atoms with Crippen LogP contribution in [0.2, 0.25) is 0 Å². The SMILES string of the molecule is CCC(c1nc(CSc2cccc(C)c2)no1)C(C)NC. The Hall–Kier alpha value is -1.33. The molecule has 2 rings (SSSR count). The fourth-order valence-electron chi connectivity index (χ4n) is 2.27. The van der Waals surface area contributed by atoms with Crippen molar-refractivity contribution in [2.24, 2.45) is 0 Å². The summed E-state index contributed by atoms with van der Waals surface area (Å²) in [7, 11) is 1.96. The van der Waals surface area contributed by atoms with Crippen molar-refractivity contribution >= 4 is 11.8 Å². The Morgan fingerprint density at radius 3 is 2.86 bits per heavy atom. The third-order valence-electron chi connectivity index (χ3n) is 3.66. The van der Waals surface area contributed by atoms with Crippen molar-refractivity contribution in [3.63, 3.8) is 0 Å². The van der Waals surface area contributed by atoms with E-state index in [1.165, 1.54) is 10.5 Å². The van der Waals surface area contributed by atoms with E-state index in [-0.39, 0.29) is 5.92 Å². The monoisotopic (exact) mass is 305 g/mol. The number of rotatable bonds is 7. The molecule has 2 atom stereocenters. The molecule has 4 nitrogen and oxygen atoms in total. The van der Waals surface area contributed by atoms with Gasteiger partial charge in [0.05, 0.1) is 11.7 Å². The quantitative estimate of drug-likeness (QED) is 0.789. The van der Waals surface area contributed by atoms with Gasteiger partial charge in [-0.1, -0.05) is 29.8 Å². The molecule has 0 aliphatic carbocycles. The first-order valence-electron chi connectivity index (χ1n) is 7.33. The molecule has 0 aliphatic heterocycles. The summed E-state index contributed by atoms with van der Waals surface area (Å²) in [5, 5.41) is 7.36. The summed E-state index contributed by atoms with van der Waals surface area (Å²) in [5.41, 5.74) is 1.27. The number of hydrogen-bond acceptors (Lipinski definition) is 5. The van der Waals surface area contributed by atoms with Crippen LogP contribution in [0.15, 0.2) is 33.7 Å². The van der Waals surface area contributed by atoms with E-state index in [4.69, 9.17) is 4.52 Å². The highest BCUT2D eigenvalue weighted by Gasteiger charge is 2.22. The van der Waals surface area contributed by atoms with Gasteiger partial charge in [-0.2, -0.15) is 4.98 Å². The molecule has 0 bridgehead atoms. The highest BCUT2D eigenvalue weighted by molar-refractivity contribution is 7.98. The van der Waals surface area contributed by atoms with Gasteiger partial charge in [-0.3, -0.25) is 0 Å². The summed E-state index contributed by atoms with van der Waals surface area (Å²) in [6.45, 7) is 6.38. The Balaban J connectivity index is 1.99. The number of aromatic nitrogens is 2. The third-order valence-corrected chi connectivity index (χ3v) is 4.65. The largest absolute Gasteiger partial charge is 0.339 e. The van der Waals surface area contributed by atoms with Crippen LogP contribution >= 0.6 is 11.8 Å². The van der Waals surface area contributed by atoms with Crippen molar-refractivity contribution in [1.82, 2.24) is 15.5 Å². The number of nitrogens with one attached hydrogen (secondary N) is 1. The third kappa shape index (κ3) is 4.32. The second-order valence-corrected chi connectivity index (χ2v) is 6.29. The normalized spacial score (nSPS) is 14.1. The van der Waals surface area contributed by atoms with Gasteiger partial charge >= 0.3 is 0 Å². The van der Waals surface area contributed by atoms with Gasteiger partial charge in [-0.25, -0.2) is 0 Å². The van der Waals surface area contributed by atoms with E-state index >= 15 is 0 Å². The van der Waals surface area contributed by atoms with Crippen molar-refractivity contribution in [3.05, 3.63) is 41.5 Å². The van der Waals surface area contributed by atoms with E-state index in [0.717, 1.165) is 23.9 Å². The zero-order chi connectivity index (χ0) is 15.2. The lowest BCUT2D eigenvalue weighted by atomic mass is 9.98. The van der Waals surface area contributed by atoms with Crippen LogP contribution in [0.4, 0.5) is 0 Å². The highest BCUT2D eigenvalue weighted by atomic mass is 32.2. The number of hydrogen-bond donors (Lipinski definition) is 1. The molecule has 2 unspecified atom stereocenters. The molecule has 1 aromatic heterocycles. The van der Waals surface area contributed by atoms with Gasteiger partial charge in [0.25, 0.3) is 0 Å². The lowest BCUT2D eigenvalue weighted by Crippen LogP contribution is -2.28. The van der Waals surface area contributed by atoms with Gasteiger partial charge in [0.2, 0.25) is 5.89 Å². The molecule has 1 heterocycles. The highest BCUT2D eigenvalue weighted by Crippen LogP contribution is 2.25. The molecule has 1 N–H and O–H groups in total. The predicted octanol–water partition coefficient (Wildman–Crippen LogP) is 3.77. The van der Waals surface area contributed by atoms with Crippen LogP contribution in [0.3, 0.4) is 0 Å². The molecular weight excluding hydrogens is 282 g/mol. The summed E-state index contributed by atoms with van der Waals surface area (Å²) in [6, 6.07) is 8.77. The smallest absolute Gasteiger partial charge is 0.231 e. The maximum Gasteiger partial charge on any atom is 0.231 e. The van der Waals surface area contributed by atoms with E-state index in [2.05, 4.69) is 60.5 Å².